The minimum absolute atomic E-state index is 0.133. The third-order valence-electron chi connectivity index (χ3n) is 6.93. The molecule has 9 heteroatoms. The summed E-state index contributed by atoms with van der Waals surface area (Å²) in [7, 11) is 0. The van der Waals surface area contributed by atoms with Crippen molar-refractivity contribution >= 4 is 29.5 Å². The van der Waals surface area contributed by atoms with Crippen molar-refractivity contribution in [3.05, 3.63) is 70.8 Å². The largest absolute Gasteiger partial charge is 0.350 e. The molecule has 2 aromatic carbocycles. The first-order valence-corrected chi connectivity index (χ1v) is 12.3. The summed E-state index contributed by atoms with van der Waals surface area (Å²) in [4.78, 5) is 63.6. The SMILES string of the molecule is O=C1CCC(N2Cc3cc(CNC(=O)C(NC(=O)CC4CC4)c4ccccc4)ccc3C2=O)C(=O)N1. The number of carbonyl (C=O) groups is 5. The van der Waals surface area contributed by atoms with Gasteiger partial charge < -0.3 is 15.5 Å². The summed E-state index contributed by atoms with van der Waals surface area (Å²) in [6, 6.07) is 13.0. The molecule has 1 aliphatic carbocycles. The van der Waals surface area contributed by atoms with Crippen molar-refractivity contribution in [2.24, 2.45) is 5.92 Å². The molecule has 0 radical (unpaired) electrons. The summed E-state index contributed by atoms with van der Waals surface area (Å²) in [5.41, 5.74) is 2.80. The van der Waals surface area contributed by atoms with E-state index in [0.29, 0.717) is 29.9 Å². The molecule has 5 amide bonds. The van der Waals surface area contributed by atoms with Gasteiger partial charge in [0.25, 0.3) is 5.91 Å². The Morgan fingerprint density at radius 1 is 1.03 bits per heavy atom. The van der Waals surface area contributed by atoms with Crippen molar-refractivity contribution in [3.63, 3.8) is 0 Å². The van der Waals surface area contributed by atoms with Crippen LogP contribution in [0.15, 0.2) is 48.5 Å². The van der Waals surface area contributed by atoms with Crippen LogP contribution in [-0.4, -0.2) is 40.5 Å². The van der Waals surface area contributed by atoms with E-state index in [9.17, 15) is 24.0 Å². The number of fused-ring (bicyclic) bond motifs is 1. The fourth-order valence-electron chi connectivity index (χ4n) is 4.78. The Kier molecular flexibility index (Phi) is 6.54. The van der Waals surface area contributed by atoms with Crippen LogP contribution in [0.4, 0.5) is 0 Å². The van der Waals surface area contributed by atoms with E-state index >= 15 is 0 Å². The van der Waals surface area contributed by atoms with Crippen molar-refractivity contribution in [3.8, 4) is 0 Å². The van der Waals surface area contributed by atoms with Crippen molar-refractivity contribution in [2.75, 3.05) is 0 Å². The Morgan fingerprint density at radius 2 is 1.81 bits per heavy atom. The number of carbonyl (C=O) groups excluding carboxylic acids is 5. The van der Waals surface area contributed by atoms with Crippen LogP contribution in [0, 0.1) is 5.92 Å². The number of rotatable bonds is 8. The van der Waals surface area contributed by atoms with Gasteiger partial charge in [0, 0.05) is 31.5 Å². The molecule has 1 saturated carbocycles. The summed E-state index contributed by atoms with van der Waals surface area (Å²) in [6.07, 6.45) is 3.04. The number of benzene rings is 2. The van der Waals surface area contributed by atoms with Crippen LogP contribution in [0.2, 0.25) is 0 Å². The Labute approximate surface area is 208 Å². The fourth-order valence-corrected chi connectivity index (χ4v) is 4.78. The van der Waals surface area contributed by atoms with Gasteiger partial charge in [-0.15, -0.1) is 0 Å². The van der Waals surface area contributed by atoms with Gasteiger partial charge in [-0.3, -0.25) is 29.3 Å². The number of hydrogen-bond donors (Lipinski definition) is 3. The van der Waals surface area contributed by atoms with Crippen LogP contribution < -0.4 is 16.0 Å². The molecule has 2 heterocycles. The molecule has 2 atom stereocenters. The zero-order valence-corrected chi connectivity index (χ0v) is 19.8. The summed E-state index contributed by atoms with van der Waals surface area (Å²) < 4.78 is 0. The molecule has 0 spiro atoms. The van der Waals surface area contributed by atoms with E-state index < -0.39 is 18.0 Å². The second kappa shape index (κ2) is 9.93. The third kappa shape index (κ3) is 5.15. The molecular formula is C27H28N4O5. The van der Waals surface area contributed by atoms with Gasteiger partial charge in [-0.05, 0) is 47.9 Å². The summed E-state index contributed by atoms with van der Waals surface area (Å²) in [6.45, 7) is 0.493. The van der Waals surface area contributed by atoms with Crippen molar-refractivity contribution in [2.45, 2.75) is 57.3 Å². The lowest BCUT2D eigenvalue weighted by Crippen LogP contribution is -2.52. The maximum atomic E-state index is 13.1. The van der Waals surface area contributed by atoms with E-state index in [1.165, 1.54) is 4.90 Å². The molecule has 9 nitrogen and oxygen atoms in total. The van der Waals surface area contributed by atoms with E-state index in [1.807, 2.05) is 36.4 Å². The highest BCUT2D eigenvalue weighted by Gasteiger charge is 2.39. The van der Waals surface area contributed by atoms with Gasteiger partial charge in [-0.1, -0.05) is 42.5 Å². The van der Waals surface area contributed by atoms with Gasteiger partial charge in [0.05, 0.1) is 0 Å². The average molecular weight is 489 g/mol. The van der Waals surface area contributed by atoms with E-state index in [4.69, 9.17) is 0 Å². The summed E-state index contributed by atoms with van der Waals surface area (Å²) in [5.74, 6) is -1.04. The van der Waals surface area contributed by atoms with Crippen molar-refractivity contribution in [1.29, 1.82) is 0 Å². The second-order valence-corrected chi connectivity index (χ2v) is 9.67. The van der Waals surface area contributed by atoms with E-state index in [-0.39, 0.29) is 43.1 Å². The van der Waals surface area contributed by atoms with Crippen LogP contribution in [-0.2, 0) is 32.3 Å². The number of amides is 5. The lowest BCUT2D eigenvalue weighted by Gasteiger charge is -2.29. The zero-order chi connectivity index (χ0) is 25.2. The first-order chi connectivity index (χ1) is 17.4. The lowest BCUT2D eigenvalue weighted by atomic mass is 10.0. The molecule has 2 aromatic rings. The maximum Gasteiger partial charge on any atom is 0.255 e. The lowest BCUT2D eigenvalue weighted by molar-refractivity contribution is -0.137. The predicted molar refractivity (Wildman–Crippen MR) is 129 cm³/mol. The van der Waals surface area contributed by atoms with Crippen LogP contribution in [0.25, 0.3) is 0 Å². The standard InChI is InChI=1S/C27H28N4O5/c32-22-11-10-21(25(34)30-22)31-15-19-12-17(8-9-20(19)27(31)36)14-28-26(35)24(18-4-2-1-3-5-18)29-23(33)13-16-6-7-16/h1-5,8-9,12,16,21,24H,6-7,10-11,13-15H2,(H,28,35)(H,29,33)(H,30,32,34). The molecule has 5 rings (SSSR count). The second-order valence-electron chi connectivity index (χ2n) is 9.67. The highest BCUT2D eigenvalue weighted by molar-refractivity contribution is 6.05. The zero-order valence-electron chi connectivity index (χ0n) is 19.8. The molecule has 2 aliphatic heterocycles. The number of imide groups is 1. The summed E-state index contributed by atoms with van der Waals surface area (Å²) in [5, 5.41) is 8.08. The van der Waals surface area contributed by atoms with Crippen molar-refractivity contribution < 1.29 is 24.0 Å². The number of nitrogens with one attached hydrogen (secondary N) is 3. The molecule has 186 valence electrons. The average Bonchev–Trinajstić information content (AvgIpc) is 3.63. The molecule has 36 heavy (non-hydrogen) atoms. The van der Waals surface area contributed by atoms with Gasteiger partial charge in [-0.2, -0.15) is 0 Å². The smallest absolute Gasteiger partial charge is 0.255 e. The first-order valence-electron chi connectivity index (χ1n) is 12.3. The Hall–Kier alpha value is -4.01. The molecule has 3 N–H and O–H groups in total. The van der Waals surface area contributed by atoms with Crippen LogP contribution in [0.3, 0.4) is 0 Å². The molecule has 3 aliphatic rings. The minimum atomic E-state index is -0.795. The van der Waals surface area contributed by atoms with Crippen LogP contribution in [0.5, 0.6) is 0 Å². The van der Waals surface area contributed by atoms with Gasteiger partial charge in [0.15, 0.2) is 0 Å². The maximum absolute atomic E-state index is 13.1. The predicted octanol–water partition coefficient (Wildman–Crippen LogP) is 1.72. The topological polar surface area (TPSA) is 125 Å². The first kappa shape index (κ1) is 23.7. The fraction of sp³-hybridized carbons (Fsp3) is 0.370. The van der Waals surface area contributed by atoms with Crippen LogP contribution >= 0.6 is 0 Å². The normalized spacial score (nSPS) is 19.9. The number of nitrogens with zero attached hydrogens (tertiary/aromatic N) is 1. The van der Waals surface area contributed by atoms with E-state index in [1.54, 1.807) is 12.1 Å². The summed E-state index contributed by atoms with van der Waals surface area (Å²) >= 11 is 0. The molecule has 1 saturated heterocycles. The Balaban J connectivity index is 1.24. The van der Waals surface area contributed by atoms with E-state index in [2.05, 4.69) is 16.0 Å². The van der Waals surface area contributed by atoms with Gasteiger partial charge in [-0.25, -0.2) is 0 Å². The molecular weight excluding hydrogens is 460 g/mol. The molecule has 0 aromatic heterocycles. The van der Waals surface area contributed by atoms with Gasteiger partial charge >= 0.3 is 0 Å². The highest BCUT2D eigenvalue weighted by atomic mass is 16.2. The van der Waals surface area contributed by atoms with Gasteiger partial charge in [0.1, 0.15) is 12.1 Å². The third-order valence-corrected chi connectivity index (χ3v) is 6.93. The molecule has 2 fully saturated rings. The van der Waals surface area contributed by atoms with E-state index in [0.717, 1.165) is 24.0 Å². The highest BCUT2D eigenvalue weighted by Crippen LogP contribution is 2.32. The van der Waals surface area contributed by atoms with Gasteiger partial charge in [0.2, 0.25) is 23.6 Å². The minimum Gasteiger partial charge on any atom is -0.350 e. The molecule has 2 unspecified atom stereocenters. The Bertz CT molecular complexity index is 1220. The molecule has 0 bridgehead atoms. The number of piperidine rings is 1. The Morgan fingerprint density at radius 3 is 2.53 bits per heavy atom. The van der Waals surface area contributed by atoms with Crippen LogP contribution in [0.1, 0.15) is 65.2 Å². The monoisotopic (exact) mass is 488 g/mol. The quantitative estimate of drug-likeness (QED) is 0.488. The van der Waals surface area contributed by atoms with Crippen molar-refractivity contribution in [1.82, 2.24) is 20.9 Å². The number of hydrogen-bond acceptors (Lipinski definition) is 5.